The van der Waals surface area contributed by atoms with Crippen molar-refractivity contribution in [2.24, 2.45) is 0 Å². The normalized spacial score (nSPS) is 25.6. The summed E-state index contributed by atoms with van der Waals surface area (Å²) in [6.07, 6.45) is 1.99. The van der Waals surface area contributed by atoms with E-state index < -0.39 is 12.1 Å². The van der Waals surface area contributed by atoms with Crippen LogP contribution in [0.2, 0.25) is 0 Å². The third-order valence-corrected chi connectivity index (χ3v) is 5.84. The van der Waals surface area contributed by atoms with Crippen molar-refractivity contribution in [1.29, 1.82) is 0 Å². The molecule has 30 heavy (non-hydrogen) atoms. The molecule has 0 aromatic heterocycles. The first-order valence-electron chi connectivity index (χ1n) is 10.0. The second-order valence-corrected chi connectivity index (χ2v) is 7.64. The molecule has 0 bridgehead atoms. The fourth-order valence-electron chi connectivity index (χ4n) is 4.33. The molecule has 3 fully saturated rings. The number of methoxy groups -OCH3 is 1. The smallest absolute Gasteiger partial charge is 0.321 e. The number of hydrogen-bond donors (Lipinski definition) is 1. The fourth-order valence-corrected chi connectivity index (χ4v) is 4.33. The maximum atomic E-state index is 13.1. The second kappa shape index (κ2) is 8.35. The van der Waals surface area contributed by atoms with Crippen LogP contribution in [-0.2, 0) is 14.3 Å². The molecule has 3 aliphatic heterocycles. The number of amides is 4. The van der Waals surface area contributed by atoms with Crippen molar-refractivity contribution in [3.63, 3.8) is 0 Å². The molecule has 1 aromatic rings. The Bertz CT molecular complexity index is 860. The van der Waals surface area contributed by atoms with Crippen molar-refractivity contribution >= 4 is 23.5 Å². The van der Waals surface area contributed by atoms with Crippen LogP contribution in [0.1, 0.15) is 6.42 Å². The molecule has 3 heterocycles. The standard InChI is InChI=1S/C21H26N4O5/c1-3-9-30-16-11-17-19(26)24-8-7-23(13-18(24)20(27)25(17)12-16)21(28)22-14-5-4-6-15(10-14)29-2/h3-6,10,16-18H,1,7-9,11-13H2,2H3,(H,22,28)/t16-,17+,18+/m1/s1. The Hall–Kier alpha value is -3.07. The van der Waals surface area contributed by atoms with E-state index in [-0.39, 0.29) is 30.5 Å². The third-order valence-electron chi connectivity index (χ3n) is 5.84. The number of carbonyl (C=O) groups excluding carboxylic acids is 3. The lowest BCUT2D eigenvalue weighted by molar-refractivity contribution is -0.162. The van der Waals surface area contributed by atoms with Gasteiger partial charge in [0.2, 0.25) is 11.8 Å². The molecular weight excluding hydrogens is 388 g/mol. The molecule has 4 rings (SSSR count). The minimum atomic E-state index is -0.656. The molecule has 0 unspecified atom stereocenters. The number of ether oxygens (including phenoxy) is 2. The van der Waals surface area contributed by atoms with Crippen molar-refractivity contribution in [2.45, 2.75) is 24.6 Å². The van der Waals surface area contributed by atoms with Gasteiger partial charge in [-0.1, -0.05) is 12.1 Å². The second-order valence-electron chi connectivity index (χ2n) is 7.64. The van der Waals surface area contributed by atoms with E-state index >= 15 is 0 Å². The highest BCUT2D eigenvalue weighted by atomic mass is 16.5. The Labute approximate surface area is 175 Å². The lowest BCUT2D eigenvalue weighted by atomic mass is 10.0. The summed E-state index contributed by atoms with van der Waals surface area (Å²) in [5.74, 6) is 0.458. The molecule has 0 saturated carbocycles. The summed E-state index contributed by atoms with van der Waals surface area (Å²) in [6, 6.07) is 5.63. The summed E-state index contributed by atoms with van der Waals surface area (Å²) >= 11 is 0. The quantitative estimate of drug-likeness (QED) is 0.724. The average Bonchev–Trinajstić information content (AvgIpc) is 3.20. The minimum Gasteiger partial charge on any atom is -0.497 e. The molecule has 0 aliphatic carbocycles. The number of nitrogens with one attached hydrogen (secondary N) is 1. The largest absolute Gasteiger partial charge is 0.497 e. The number of rotatable bonds is 5. The highest BCUT2D eigenvalue weighted by Crippen LogP contribution is 2.30. The van der Waals surface area contributed by atoms with Gasteiger partial charge in [-0.2, -0.15) is 0 Å². The Kier molecular flexibility index (Phi) is 5.63. The van der Waals surface area contributed by atoms with Crippen LogP contribution >= 0.6 is 0 Å². The van der Waals surface area contributed by atoms with Crippen LogP contribution in [0.25, 0.3) is 0 Å². The van der Waals surface area contributed by atoms with Crippen molar-refractivity contribution in [2.75, 3.05) is 45.2 Å². The number of piperazine rings is 2. The maximum Gasteiger partial charge on any atom is 0.321 e. The average molecular weight is 414 g/mol. The van der Waals surface area contributed by atoms with E-state index in [0.29, 0.717) is 44.1 Å². The van der Waals surface area contributed by atoms with Gasteiger partial charge < -0.3 is 29.5 Å². The van der Waals surface area contributed by atoms with E-state index in [2.05, 4.69) is 11.9 Å². The van der Waals surface area contributed by atoms with Gasteiger partial charge in [0.25, 0.3) is 0 Å². The number of anilines is 1. The molecule has 160 valence electrons. The van der Waals surface area contributed by atoms with Crippen LogP contribution in [-0.4, -0.2) is 90.6 Å². The Balaban J connectivity index is 1.43. The first-order valence-corrected chi connectivity index (χ1v) is 10.0. The van der Waals surface area contributed by atoms with Crippen LogP contribution in [0, 0.1) is 0 Å². The monoisotopic (exact) mass is 414 g/mol. The van der Waals surface area contributed by atoms with E-state index in [4.69, 9.17) is 9.47 Å². The van der Waals surface area contributed by atoms with Crippen LogP contribution in [0.15, 0.2) is 36.9 Å². The maximum absolute atomic E-state index is 13.1. The summed E-state index contributed by atoms with van der Waals surface area (Å²) in [5, 5.41) is 2.83. The van der Waals surface area contributed by atoms with E-state index in [1.54, 1.807) is 52.2 Å². The topological polar surface area (TPSA) is 91.4 Å². The summed E-state index contributed by atoms with van der Waals surface area (Å²) < 4.78 is 10.8. The molecule has 9 heteroatoms. The van der Waals surface area contributed by atoms with Crippen molar-refractivity contribution in [1.82, 2.24) is 14.7 Å². The molecule has 3 aliphatic rings. The molecule has 9 nitrogen and oxygen atoms in total. The molecule has 1 aromatic carbocycles. The molecular formula is C21H26N4O5. The molecule has 3 saturated heterocycles. The molecule has 3 atom stereocenters. The predicted octanol–water partition coefficient (Wildman–Crippen LogP) is 0.926. The number of benzene rings is 1. The van der Waals surface area contributed by atoms with Crippen molar-refractivity contribution in [3.05, 3.63) is 36.9 Å². The highest BCUT2D eigenvalue weighted by molar-refractivity contribution is 5.99. The molecule has 4 amide bonds. The van der Waals surface area contributed by atoms with Gasteiger partial charge in [0.15, 0.2) is 0 Å². The molecule has 0 radical (unpaired) electrons. The van der Waals surface area contributed by atoms with Crippen LogP contribution < -0.4 is 10.1 Å². The number of fused-ring (bicyclic) bond motifs is 2. The minimum absolute atomic E-state index is 0.0582. The van der Waals surface area contributed by atoms with E-state index in [1.165, 1.54) is 0 Å². The van der Waals surface area contributed by atoms with E-state index in [1.807, 2.05) is 0 Å². The first-order chi connectivity index (χ1) is 14.5. The zero-order chi connectivity index (χ0) is 21.3. The first kappa shape index (κ1) is 20.2. The SMILES string of the molecule is C=CCO[C@@H]1C[C@H]2C(=O)N3CCN(C(=O)Nc4cccc(OC)c4)C[C@H]3C(=O)N2C1. The molecule has 1 N–H and O–H groups in total. The van der Waals surface area contributed by atoms with Gasteiger partial charge in [0.05, 0.1) is 26.4 Å². The number of hydrogen-bond acceptors (Lipinski definition) is 5. The van der Waals surface area contributed by atoms with Crippen molar-refractivity contribution < 1.29 is 23.9 Å². The van der Waals surface area contributed by atoms with Gasteiger partial charge in [-0.15, -0.1) is 6.58 Å². The van der Waals surface area contributed by atoms with E-state index in [0.717, 1.165) is 0 Å². The number of urea groups is 1. The Morgan fingerprint density at radius 2 is 2.00 bits per heavy atom. The van der Waals surface area contributed by atoms with Crippen LogP contribution in [0.5, 0.6) is 5.75 Å². The summed E-state index contributed by atoms with van der Waals surface area (Å²) in [5.41, 5.74) is 0.606. The number of carbonyl (C=O) groups is 3. The van der Waals surface area contributed by atoms with Gasteiger partial charge >= 0.3 is 6.03 Å². The Morgan fingerprint density at radius 1 is 1.20 bits per heavy atom. The van der Waals surface area contributed by atoms with Crippen LogP contribution in [0.4, 0.5) is 10.5 Å². The lowest BCUT2D eigenvalue weighted by Crippen LogP contribution is -2.69. The van der Waals surface area contributed by atoms with Gasteiger partial charge in [-0.25, -0.2) is 4.79 Å². The van der Waals surface area contributed by atoms with Gasteiger partial charge in [0.1, 0.15) is 17.8 Å². The van der Waals surface area contributed by atoms with E-state index in [9.17, 15) is 14.4 Å². The zero-order valence-electron chi connectivity index (χ0n) is 17.0. The summed E-state index contributed by atoms with van der Waals surface area (Å²) in [7, 11) is 1.56. The van der Waals surface area contributed by atoms with Gasteiger partial charge in [-0.05, 0) is 12.1 Å². The molecule has 0 spiro atoms. The van der Waals surface area contributed by atoms with Crippen LogP contribution in [0.3, 0.4) is 0 Å². The summed E-state index contributed by atoms with van der Waals surface area (Å²) in [4.78, 5) is 43.6. The third kappa shape index (κ3) is 3.72. The fraction of sp³-hybridized carbons (Fsp3) is 0.476. The summed E-state index contributed by atoms with van der Waals surface area (Å²) in [6.45, 7) is 5.29. The van der Waals surface area contributed by atoms with Crippen molar-refractivity contribution in [3.8, 4) is 5.75 Å². The predicted molar refractivity (Wildman–Crippen MR) is 109 cm³/mol. The highest BCUT2D eigenvalue weighted by Gasteiger charge is 2.52. The number of nitrogens with zero attached hydrogens (tertiary/aromatic N) is 3. The van der Waals surface area contributed by atoms with Gasteiger partial charge in [0, 0.05) is 37.8 Å². The zero-order valence-corrected chi connectivity index (χ0v) is 17.0. The van der Waals surface area contributed by atoms with Gasteiger partial charge in [-0.3, -0.25) is 9.59 Å². The lowest BCUT2D eigenvalue weighted by Gasteiger charge is -2.47. The Morgan fingerprint density at radius 3 is 2.77 bits per heavy atom.